The third-order valence-corrected chi connectivity index (χ3v) is 14.9. The van der Waals surface area contributed by atoms with Crippen LogP contribution >= 0.6 is 0 Å². The number of anilines is 3. The largest absolute Gasteiger partial charge is 0.461 e. The fourth-order valence-corrected chi connectivity index (χ4v) is 12.2. The smallest absolute Gasteiger partial charge is 0.134 e. The Morgan fingerprint density at radius 2 is 0.785 bits per heavy atom. The lowest BCUT2D eigenvalue weighted by Crippen LogP contribution is -2.28. The van der Waals surface area contributed by atoms with Crippen molar-refractivity contribution >= 4 is 28.0 Å². The molecule has 0 N–H and O–H groups in total. The Labute approximate surface area is 381 Å². The van der Waals surface area contributed by atoms with Gasteiger partial charge in [-0.05, 0) is 128 Å². The molecule has 2 nitrogen and oxygen atoms in total. The predicted molar refractivity (Wildman–Crippen MR) is 267 cm³/mol. The van der Waals surface area contributed by atoms with Crippen molar-refractivity contribution in [2.45, 2.75) is 42.4 Å². The molecule has 2 heteroatoms. The Morgan fingerprint density at radius 1 is 0.354 bits per heavy atom. The minimum Gasteiger partial charge on any atom is -0.461 e. The molecule has 0 spiro atoms. The second kappa shape index (κ2) is 15.0. The van der Waals surface area contributed by atoms with Crippen LogP contribution in [-0.2, 0) is 10.8 Å². The molecule has 0 radical (unpaired) electrons. The number of fused-ring (bicyclic) bond motifs is 7. The maximum Gasteiger partial charge on any atom is 0.134 e. The lowest BCUT2D eigenvalue weighted by atomic mass is 9.67. The summed E-state index contributed by atoms with van der Waals surface area (Å²) in [7, 11) is 0. The second-order valence-electron chi connectivity index (χ2n) is 18.2. The van der Waals surface area contributed by atoms with Crippen LogP contribution < -0.4 is 4.90 Å². The van der Waals surface area contributed by atoms with Gasteiger partial charge in [-0.3, -0.25) is 0 Å². The van der Waals surface area contributed by atoms with Gasteiger partial charge in [0.15, 0.2) is 0 Å². The SMILES string of the molecule is c1ccc(C2(c3ccccc3)c3ccccc3-c3cc(N(c4ccc5c(c4)C(c4ccccc4)(c4ccccc4)c4ccccc4-5)c4ccc5oc(C6CCCC6)cc5c4)ccc32)cc1. The monoisotopic (exact) mass is 833 g/mol. The maximum atomic E-state index is 6.61. The van der Waals surface area contributed by atoms with Gasteiger partial charge in [0.2, 0.25) is 0 Å². The van der Waals surface area contributed by atoms with E-state index in [-0.39, 0.29) is 0 Å². The lowest BCUT2D eigenvalue weighted by Gasteiger charge is -2.35. The Bertz CT molecular complexity index is 3300. The first-order valence-corrected chi connectivity index (χ1v) is 23.3. The van der Waals surface area contributed by atoms with Crippen LogP contribution in [-0.4, -0.2) is 0 Å². The third-order valence-electron chi connectivity index (χ3n) is 14.9. The summed E-state index contributed by atoms with van der Waals surface area (Å²) in [5.41, 5.74) is 18.6. The number of nitrogens with zero attached hydrogens (tertiary/aromatic N) is 1. The Hall–Kier alpha value is -7.68. The van der Waals surface area contributed by atoms with Gasteiger partial charge in [-0.2, -0.15) is 0 Å². The van der Waals surface area contributed by atoms with E-state index in [0.717, 1.165) is 33.8 Å². The minimum absolute atomic E-state index is 0.478. The molecule has 0 aliphatic heterocycles. The average molecular weight is 834 g/mol. The van der Waals surface area contributed by atoms with Crippen molar-refractivity contribution in [2.75, 3.05) is 4.90 Å². The van der Waals surface area contributed by atoms with Crippen molar-refractivity contribution < 1.29 is 4.42 Å². The molecule has 3 aliphatic rings. The fraction of sp³-hybridized carbons (Fsp3) is 0.111. The van der Waals surface area contributed by atoms with E-state index in [4.69, 9.17) is 4.42 Å². The summed E-state index contributed by atoms with van der Waals surface area (Å²) in [6.07, 6.45) is 4.94. The van der Waals surface area contributed by atoms with E-state index in [1.165, 1.54) is 92.4 Å². The molecule has 310 valence electrons. The number of furan rings is 1. The van der Waals surface area contributed by atoms with Gasteiger partial charge >= 0.3 is 0 Å². The zero-order chi connectivity index (χ0) is 43.0. The van der Waals surface area contributed by atoms with Gasteiger partial charge in [-0.1, -0.05) is 195 Å². The molecule has 13 rings (SSSR count). The van der Waals surface area contributed by atoms with Crippen LogP contribution in [0.15, 0.2) is 235 Å². The summed E-state index contributed by atoms with van der Waals surface area (Å²) >= 11 is 0. The summed E-state index contributed by atoms with van der Waals surface area (Å²) in [4.78, 5) is 2.49. The highest BCUT2D eigenvalue weighted by atomic mass is 16.3. The maximum absolute atomic E-state index is 6.61. The molecule has 10 aromatic rings. The van der Waals surface area contributed by atoms with Gasteiger partial charge in [-0.15, -0.1) is 0 Å². The van der Waals surface area contributed by atoms with Gasteiger partial charge in [-0.25, -0.2) is 0 Å². The molecule has 1 heterocycles. The van der Waals surface area contributed by atoms with Crippen LogP contribution in [0, 0.1) is 0 Å². The van der Waals surface area contributed by atoms with Crippen molar-refractivity contribution in [1.82, 2.24) is 0 Å². The molecule has 9 aromatic carbocycles. The number of benzene rings is 9. The summed E-state index contributed by atoms with van der Waals surface area (Å²) in [5.74, 6) is 1.62. The van der Waals surface area contributed by atoms with E-state index < -0.39 is 10.8 Å². The summed E-state index contributed by atoms with van der Waals surface area (Å²) in [6, 6.07) is 86.0. The van der Waals surface area contributed by atoms with E-state index in [1.54, 1.807) is 0 Å². The topological polar surface area (TPSA) is 16.4 Å². The van der Waals surface area contributed by atoms with Crippen LogP contribution in [0.5, 0.6) is 0 Å². The van der Waals surface area contributed by atoms with Crippen LogP contribution in [0.2, 0.25) is 0 Å². The molecule has 0 amide bonds. The molecule has 0 bridgehead atoms. The molecule has 1 aromatic heterocycles. The van der Waals surface area contributed by atoms with Gasteiger partial charge in [0.1, 0.15) is 11.3 Å². The van der Waals surface area contributed by atoms with Crippen molar-refractivity contribution in [3.8, 4) is 22.3 Å². The lowest BCUT2D eigenvalue weighted by molar-refractivity contribution is 0.494. The van der Waals surface area contributed by atoms with Crippen molar-refractivity contribution in [1.29, 1.82) is 0 Å². The number of hydrogen-bond acceptors (Lipinski definition) is 2. The summed E-state index contributed by atoms with van der Waals surface area (Å²) in [6.45, 7) is 0. The molecule has 1 fully saturated rings. The minimum atomic E-state index is -0.525. The first kappa shape index (κ1) is 37.8. The highest BCUT2D eigenvalue weighted by Gasteiger charge is 2.48. The van der Waals surface area contributed by atoms with Crippen LogP contribution in [0.3, 0.4) is 0 Å². The van der Waals surface area contributed by atoms with E-state index in [2.05, 4.69) is 235 Å². The Morgan fingerprint density at radius 3 is 1.37 bits per heavy atom. The summed E-state index contributed by atoms with van der Waals surface area (Å²) < 4.78 is 6.61. The molecular formula is C63H47NO. The third kappa shape index (κ3) is 5.60. The second-order valence-corrected chi connectivity index (χ2v) is 18.2. The molecule has 65 heavy (non-hydrogen) atoms. The van der Waals surface area contributed by atoms with E-state index in [0.29, 0.717) is 5.92 Å². The molecule has 3 aliphatic carbocycles. The molecule has 0 saturated heterocycles. The van der Waals surface area contributed by atoms with E-state index in [1.807, 2.05) is 0 Å². The highest BCUT2D eigenvalue weighted by Crippen LogP contribution is 2.59. The number of rotatable bonds is 8. The Balaban J connectivity index is 1.07. The van der Waals surface area contributed by atoms with Crippen LogP contribution in [0.4, 0.5) is 17.1 Å². The van der Waals surface area contributed by atoms with E-state index in [9.17, 15) is 0 Å². The standard InChI is InChI=1S/C63H47NO/c1-5-21-45(22-6-1)62(46-23-7-2-8-24-46)57-32-18-16-30-53(57)55-41-50(34-37-58(55)62)64(49-35-38-60-44(39-49)40-61(65-60)43-19-13-14-20-43)51-33-36-54-52-29-15-17-31-56(52)63(59(54)42-51,47-25-9-3-10-26-47)48-27-11-4-12-28-48/h1-12,15-18,21-43H,13-14,19-20H2. The van der Waals surface area contributed by atoms with Crippen molar-refractivity contribution in [3.63, 3.8) is 0 Å². The quantitative estimate of drug-likeness (QED) is 0.152. The van der Waals surface area contributed by atoms with Crippen molar-refractivity contribution in [2.24, 2.45) is 0 Å². The normalized spacial score (nSPS) is 15.3. The van der Waals surface area contributed by atoms with Gasteiger partial charge in [0, 0.05) is 28.4 Å². The zero-order valence-electron chi connectivity index (χ0n) is 36.2. The van der Waals surface area contributed by atoms with Gasteiger partial charge in [0.05, 0.1) is 10.8 Å². The van der Waals surface area contributed by atoms with Crippen LogP contribution in [0.25, 0.3) is 33.2 Å². The molecular weight excluding hydrogens is 787 g/mol. The first-order valence-electron chi connectivity index (χ1n) is 23.3. The molecule has 1 saturated carbocycles. The highest BCUT2D eigenvalue weighted by molar-refractivity contribution is 5.94. The van der Waals surface area contributed by atoms with Gasteiger partial charge < -0.3 is 9.32 Å². The summed E-state index contributed by atoms with van der Waals surface area (Å²) in [5, 5.41) is 1.14. The molecule has 0 unspecified atom stereocenters. The average Bonchev–Trinajstić information content (AvgIpc) is 4.18. The van der Waals surface area contributed by atoms with Crippen LogP contribution in [0.1, 0.15) is 81.9 Å². The fourth-order valence-electron chi connectivity index (χ4n) is 12.2. The van der Waals surface area contributed by atoms with Gasteiger partial charge in [0.25, 0.3) is 0 Å². The first-order chi connectivity index (χ1) is 32.2. The Kier molecular flexibility index (Phi) is 8.71. The molecule has 0 atom stereocenters. The zero-order valence-corrected chi connectivity index (χ0v) is 36.2. The predicted octanol–water partition coefficient (Wildman–Crippen LogP) is 16.3. The van der Waals surface area contributed by atoms with Crippen molar-refractivity contribution in [3.05, 3.63) is 281 Å². The number of hydrogen-bond donors (Lipinski definition) is 0. The van der Waals surface area contributed by atoms with E-state index >= 15 is 0 Å².